The number of hydrogen-bond acceptors (Lipinski definition) is 2. The van der Waals surface area contributed by atoms with E-state index in [0.717, 1.165) is 16.5 Å². The van der Waals surface area contributed by atoms with Gasteiger partial charge in [-0.3, -0.25) is 4.79 Å². The molecule has 4 aromatic rings. The van der Waals surface area contributed by atoms with Crippen LogP contribution in [0.3, 0.4) is 0 Å². The molecule has 1 aromatic heterocycles. The number of hydrogen-bond donors (Lipinski definition) is 2. The molecule has 0 aliphatic heterocycles. The minimum atomic E-state index is -0.569. The Bertz CT molecular complexity index is 1040. The second-order valence-electron chi connectivity index (χ2n) is 6.11. The Morgan fingerprint density at radius 3 is 2.35 bits per heavy atom. The Hall–Kier alpha value is -3.40. The van der Waals surface area contributed by atoms with E-state index in [1.54, 1.807) is 18.3 Å². The van der Waals surface area contributed by atoms with Crippen LogP contribution in [0.5, 0.6) is 0 Å². The molecular formula is C22H17FN2O. The highest BCUT2D eigenvalue weighted by Crippen LogP contribution is 2.27. The molecule has 26 heavy (non-hydrogen) atoms. The first kappa shape index (κ1) is 16.1. The zero-order valence-corrected chi connectivity index (χ0v) is 13.9. The molecule has 0 bridgehead atoms. The number of carbonyl (C=O) groups is 1. The van der Waals surface area contributed by atoms with Crippen molar-refractivity contribution in [3.05, 3.63) is 102 Å². The summed E-state index contributed by atoms with van der Waals surface area (Å²) in [5.74, 6) is -0.354. The quantitative estimate of drug-likeness (QED) is 0.480. The monoisotopic (exact) mass is 344 g/mol. The van der Waals surface area contributed by atoms with Gasteiger partial charge in [-0.05, 0) is 35.9 Å². The van der Waals surface area contributed by atoms with Gasteiger partial charge in [-0.15, -0.1) is 0 Å². The number of para-hydroxylation sites is 1. The topological polar surface area (TPSA) is 44.9 Å². The normalized spacial score (nSPS) is 12.0. The summed E-state index contributed by atoms with van der Waals surface area (Å²) in [5, 5.41) is 4.13. The van der Waals surface area contributed by atoms with Crippen LogP contribution < -0.4 is 5.32 Å². The second-order valence-corrected chi connectivity index (χ2v) is 6.11. The van der Waals surface area contributed by atoms with Crippen LogP contribution >= 0.6 is 0 Å². The fourth-order valence-electron chi connectivity index (χ4n) is 3.09. The van der Waals surface area contributed by atoms with Gasteiger partial charge in [0, 0.05) is 28.4 Å². The van der Waals surface area contributed by atoms with E-state index >= 15 is 0 Å². The molecule has 0 aliphatic carbocycles. The Balaban J connectivity index is 1.74. The van der Waals surface area contributed by atoms with Crippen molar-refractivity contribution in [1.82, 2.24) is 4.98 Å². The highest BCUT2D eigenvalue weighted by Gasteiger charge is 2.24. The third-order valence-electron chi connectivity index (χ3n) is 4.41. The van der Waals surface area contributed by atoms with E-state index in [-0.39, 0.29) is 11.6 Å². The zero-order chi connectivity index (χ0) is 17.9. The lowest BCUT2D eigenvalue weighted by Gasteiger charge is -2.19. The number of carbonyl (C=O) groups excluding carboxylic acids is 1. The van der Waals surface area contributed by atoms with Gasteiger partial charge in [-0.2, -0.15) is 0 Å². The minimum absolute atomic E-state index is 0.0435. The molecule has 0 amide bonds. The van der Waals surface area contributed by atoms with E-state index in [4.69, 9.17) is 0 Å². The molecule has 1 atom stereocenters. The van der Waals surface area contributed by atoms with Crippen LogP contribution in [-0.4, -0.2) is 10.8 Å². The maximum absolute atomic E-state index is 13.3. The number of aromatic amines is 1. The number of ketones is 1. The van der Waals surface area contributed by atoms with E-state index in [1.807, 2.05) is 54.6 Å². The summed E-state index contributed by atoms with van der Waals surface area (Å²) in [5.41, 5.74) is 3.09. The van der Waals surface area contributed by atoms with Gasteiger partial charge in [-0.1, -0.05) is 48.5 Å². The van der Waals surface area contributed by atoms with Gasteiger partial charge in [0.25, 0.3) is 0 Å². The van der Waals surface area contributed by atoms with Crippen molar-refractivity contribution in [3.8, 4) is 0 Å². The number of fused-ring (bicyclic) bond motifs is 1. The number of rotatable bonds is 5. The zero-order valence-electron chi connectivity index (χ0n) is 13.9. The predicted molar refractivity (Wildman–Crippen MR) is 102 cm³/mol. The van der Waals surface area contributed by atoms with Crippen LogP contribution in [-0.2, 0) is 0 Å². The summed E-state index contributed by atoms with van der Waals surface area (Å²) in [6.45, 7) is 0. The molecule has 0 saturated carbocycles. The first-order chi connectivity index (χ1) is 12.7. The smallest absolute Gasteiger partial charge is 0.191 e. The molecule has 1 heterocycles. The third-order valence-corrected chi connectivity index (χ3v) is 4.41. The molecule has 3 nitrogen and oxygen atoms in total. The van der Waals surface area contributed by atoms with E-state index in [1.165, 1.54) is 12.1 Å². The lowest BCUT2D eigenvalue weighted by Crippen LogP contribution is -2.21. The van der Waals surface area contributed by atoms with Crippen LogP contribution in [0.1, 0.15) is 22.0 Å². The van der Waals surface area contributed by atoms with Crippen molar-refractivity contribution in [2.75, 3.05) is 5.32 Å². The molecule has 0 spiro atoms. The fourth-order valence-corrected chi connectivity index (χ4v) is 3.09. The van der Waals surface area contributed by atoms with Crippen molar-refractivity contribution < 1.29 is 9.18 Å². The number of H-pyrrole nitrogens is 1. The van der Waals surface area contributed by atoms with Crippen LogP contribution in [0.2, 0.25) is 0 Å². The minimum Gasteiger partial charge on any atom is -0.371 e. The fraction of sp³-hybridized carbons (Fsp3) is 0.0455. The molecule has 0 radical (unpaired) electrons. The second kappa shape index (κ2) is 6.84. The predicted octanol–water partition coefficient (Wildman–Crippen LogP) is 5.34. The summed E-state index contributed by atoms with van der Waals surface area (Å²) in [4.78, 5) is 16.5. The molecular weight excluding hydrogens is 327 g/mol. The van der Waals surface area contributed by atoms with E-state index in [2.05, 4.69) is 10.3 Å². The summed E-state index contributed by atoms with van der Waals surface area (Å²) >= 11 is 0. The molecule has 0 aliphatic rings. The Morgan fingerprint density at radius 1 is 0.885 bits per heavy atom. The van der Waals surface area contributed by atoms with Crippen molar-refractivity contribution in [2.24, 2.45) is 0 Å². The van der Waals surface area contributed by atoms with Crippen LogP contribution in [0.15, 0.2) is 85.1 Å². The Morgan fingerprint density at radius 2 is 1.58 bits per heavy atom. The van der Waals surface area contributed by atoms with Crippen molar-refractivity contribution >= 4 is 22.4 Å². The van der Waals surface area contributed by atoms with Gasteiger partial charge in [0.2, 0.25) is 0 Å². The maximum Gasteiger partial charge on any atom is 0.191 e. The summed E-state index contributed by atoms with van der Waals surface area (Å²) in [7, 11) is 0. The number of aromatic nitrogens is 1. The standard InChI is InChI=1S/C22H17FN2O/c23-16-10-12-17(13-11-16)25-21(15-6-2-1-3-7-15)22(26)19-14-24-20-9-5-4-8-18(19)20/h1-14,21,24-25H/t21-/m0/s1. The highest BCUT2D eigenvalue weighted by atomic mass is 19.1. The van der Waals surface area contributed by atoms with Crippen molar-refractivity contribution in [1.29, 1.82) is 0 Å². The Kier molecular flexibility index (Phi) is 4.23. The number of benzene rings is 3. The summed E-state index contributed by atoms with van der Waals surface area (Å²) in [6.07, 6.45) is 1.75. The van der Waals surface area contributed by atoms with Gasteiger partial charge in [0.1, 0.15) is 11.9 Å². The summed E-state index contributed by atoms with van der Waals surface area (Å²) in [6, 6.07) is 22.7. The number of halogens is 1. The maximum atomic E-state index is 13.3. The Labute approximate surface area is 150 Å². The largest absolute Gasteiger partial charge is 0.371 e. The van der Waals surface area contributed by atoms with Crippen molar-refractivity contribution in [3.63, 3.8) is 0 Å². The lowest BCUT2D eigenvalue weighted by atomic mass is 9.96. The van der Waals surface area contributed by atoms with Crippen LogP contribution in [0, 0.1) is 5.82 Å². The number of Topliss-reactive ketones (excluding diaryl/α,β-unsaturated/α-hetero) is 1. The molecule has 4 heteroatoms. The first-order valence-corrected chi connectivity index (χ1v) is 8.40. The average molecular weight is 344 g/mol. The number of anilines is 1. The molecule has 3 aromatic carbocycles. The van der Waals surface area contributed by atoms with Crippen LogP contribution in [0.4, 0.5) is 10.1 Å². The lowest BCUT2D eigenvalue weighted by molar-refractivity contribution is 0.0971. The van der Waals surface area contributed by atoms with Gasteiger partial charge in [0.05, 0.1) is 0 Å². The van der Waals surface area contributed by atoms with E-state index in [9.17, 15) is 9.18 Å². The molecule has 0 saturated heterocycles. The third kappa shape index (κ3) is 3.09. The molecule has 128 valence electrons. The average Bonchev–Trinajstić information content (AvgIpc) is 3.12. The van der Waals surface area contributed by atoms with Crippen molar-refractivity contribution in [2.45, 2.75) is 6.04 Å². The highest BCUT2D eigenvalue weighted by molar-refractivity contribution is 6.11. The SMILES string of the molecule is O=C(c1c[nH]c2ccccc12)[C@@H](Nc1ccc(F)cc1)c1ccccc1. The summed E-state index contributed by atoms with van der Waals surface area (Å²) < 4.78 is 13.2. The van der Waals surface area contributed by atoms with Crippen LogP contribution in [0.25, 0.3) is 10.9 Å². The van der Waals surface area contributed by atoms with Gasteiger partial charge in [-0.25, -0.2) is 4.39 Å². The molecule has 0 fully saturated rings. The molecule has 2 N–H and O–H groups in total. The molecule has 0 unspecified atom stereocenters. The first-order valence-electron chi connectivity index (χ1n) is 8.40. The van der Waals surface area contributed by atoms with Gasteiger partial charge < -0.3 is 10.3 Å². The van der Waals surface area contributed by atoms with E-state index < -0.39 is 6.04 Å². The van der Waals surface area contributed by atoms with Gasteiger partial charge in [0.15, 0.2) is 5.78 Å². The van der Waals surface area contributed by atoms with Gasteiger partial charge >= 0.3 is 0 Å². The number of nitrogens with one attached hydrogen (secondary N) is 2. The molecule has 4 rings (SSSR count). The van der Waals surface area contributed by atoms with E-state index in [0.29, 0.717) is 11.3 Å².